The van der Waals surface area contributed by atoms with Crippen molar-refractivity contribution in [2.75, 3.05) is 0 Å². The predicted molar refractivity (Wildman–Crippen MR) is 43.9 cm³/mol. The van der Waals surface area contributed by atoms with Crippen molar-refractivity contribution in [1.82, 2.24) is 0 Å². The smallest absolute Gasteiger partial charge is 0.324 e. The van der Waals surface area contributed by atoms with E-state index in [0.717, 1.165) is 5.56 Å². The zero-order valence-corrected chi connectivity index (χ0v) is 6.70. The van der Waals surface area contributed by atoms with Gasteiger partial charge in [-0.25, -0.2) is 4.79 Å². The minimum absolute atomic E-state index is 0.242. The van der Waals surface area contributed by atoms with Gasteiger partial charge in [0.25, 0.3) is 0 Å². The number of quaternary nitrogens is 1. The second-order valence-corrected chi connectivity index (χ2v) is 3.00. The maximum Gasteiger partial charge on any atom is 0.324 e. The van der Waals surface area contributed by atoms with Gasteiger partial charge in [0.05, 0.1) is 0 Å². The molecule has 0 saturated heterocycles. The number of para-hydroxylation sites is 1. The number of carbonyl (C=O) groups is 1. The SMILES string of the molecule is CC1C(=O)[NH+]([O-])c2ccccc21. The summed E-state index contributed by atoms with van der Waals surface area (Å²) in [6.07, 6.45) is 0. The lowest BCUT2D eigenvalue weighted by Crippen LogP contribution is -3.03. The van der Waals surface area contributed by atoms with E-state index in [2.05, 4.69) is 0 Å². The van der Waals surface area contributed by atoms with Gasteiger partial charge in [0, 0.05) is 11.6 Å². The van der Waals surface area contributed by atoms with Crippen molar-refractivity contribution in [3.63, 3.8) is 0 Å². The zero-order valence-electron chi connectivity index (χ0n) is 6.70. The van der Waals surface area contributed by atoms with Crippen molar-refractivity contribution in [2.24, 2.45) is 0 Å². The molecule has 1 aliphatic rings. The molecule has 0 aliphatic carbocycles. The van der Waals surface area contributed by atoms with E-state index < -0.39 is 0 Å². The maximum atomic E-state index is 11.3. The Bertz CT molecular complexity index is 304. The van der Waals surface area contributed by atoms with Crippen LogP contribution in [0.15, 0.2) is 24.3 Å². The van der Waals surface area contributed by atoms with Crippen LogP contribution in [0.25, 0.3) is 0 Å². The monoisotopic (exact) mass is 163 g/mol. The quantitative estimate of drug-likeness (QED) is 0.561. The number of benzene rings is 1. The Morgan fingerprint density at radius 3 is 2.75 bits per heavy atom. The van der Waals surface area contributed by atoms with Gasteiger partial charge in [0.1, 0.15) is 11.6 Å². The average molecular weight is 163 g/mol. The largest absolute Gasteiger partial charge is 0.621 e. The molecular formula is C9H9NO2. The van der Waals surface area contributed by atoms with E-state index >= 15 is 0 Å². The summed E-state index contributed by atoms with van der Waals surface area (Å²) >= 11 is 0. The summed E-state index contributed by atoms with van der Waals surface area (Å²) in [5.41, 5.74) is 1.45. The molecule has 0 radical (unpaired) electrons. The molecule has 2 unspecified atom stereocenters. The van der Waals surface area contributed by atoms with Gasteiger partial charge in [-0.15, -0.1) is 0 Å². The van der Waals surface area contributed by atoms with Gasteiger partial charge in [-0.1, -0.05) is 18.2 Å². The molecule has 3 heteroatoms. The summed E-state index contributed by atoms with van der Waals surface area (Å²) in [5.74, 6) is -0.523. The molecular weight excluding hydrogens is 154 g/mol. The molecule has 0 saturated carbocycles. The van der Waals surface area contributed by atoms with Gasteiger partial charge in [-0.05, 0) is 6.92 Å². The molecule has 2 rings (SSSR count). The van der Waals surface area contributed by atoms with E-state index in [4.69, 9.17) is 0 Å². The van der Waals surface area contributed by atoms with E-state index in [1.807, 2.05) is 12.1 Å². The van der Waals surface area contributed by atoms with Crippen LogP contribution in [0, 0.1) is 5.21 Å². The minimum Gasteiger partial charge on any atom is -0.621 e. The van der Waals surface area contributed by atoms with Gasteiger partial charge in [-0.3, -0.25) is 5.06 Å². The number of hydrogen-bond donors (Lipinski definition) is 1. The number of fused-ring (bicyclic) bond motifs is 1. The molecule has 1 aromatic rings. The zero-order chi connectivity index (χ0) is 8.72. The topological polar surface area (TPSA) is 44.6 Å². The fraction of sp³-hybridized carbons (Fsp3) is 0.222. The Labute approximate surface area is 70.2 Å². The van der Waals surface area contributed by atoms with Crippen LogP contribution in [0.2, 0.25) is 0 Å². The van der Waals surface area contributed by atoms with Crippen LogP contribution in [0.1, 0.15) is 18.4 Å². The van der Waals surface area contributed by atoms with E-state index in [9.17, 15) is 10.0 Å². The Balaban J connectivity index is 2.59. The fourth-order valence-corrected chi connectivity index (χ4v) is 1.55. The van der Waals surface area contributed by atoms with Crippen molar-refractivity contribution >= 4 is 11.6 Å². The molecule has 1 amide bonds. The lowest BCUT2D eigenvalue weighted by atomic mass is 10.0. The van der Waals surface area contributed by atoms with Crippen LogP contribution in [0.5, 0.6) is 0 Å². The highest BCUT2D eigenvalue weighted by Crippen LogP contribution is 2.25. The Morgan fingerprint density at radius 2 is 2.08 bits per heavy atom. The highest BCUT2D eigenvalue weighted by Gasteiger charge is 2.34. The predicted octanol–water partition coefficient (Wildman–Crippen LogP) is 0.345. The van der Waals surface area contributed by atoms with E-state index in [1.54, 1.807) is 19.1 Å². The Morgan fingerprint density at radius 1 is 1.42 bits per heavy atom. The Kier molecular flexibility index (Phi) is 1.49. The first-order valence-electron chi connectivity index (χ1n) is 3.89. The van der Waals surface area contributed by atoms with Crippen molar-refractivity contribution in [3.8, 4) is 0 Å². The lowest BCUT2D eigenvalue weighted by Gasteiger charge is -2.12. The first-order valence-corrected chi connectivity index (χ1v) is 3.89. The minimum atomic E-state index is -0.335. The third kappa shape index (κ3) is 0.807. The second kappa shape index (κ2) is 2.40. The van der Waals surface area contributed by atoms with Crippen molar-refractivity contribution in [1.29, 1.82) is 0 Å². The van der Waals surface area contributed by atoms with Crippen LogP contribution in [0.3, 0.4) is 0 Å². The summed E-state index contributed by atoms with van der Waals surface area (Å²) in [6, 6.07) is 7.17. The molecule has 1 aliphatic heterocycles. The lowest BCUT2D eigenvalue weighted by molar-refractivity contribution is -0.684. The van der Waals surface area contributed by atoms with Crippen LogP contribution in [-0.4, -0.2) is 5.91 Å². The molecule has 0 aromatic heterocycles. The summed E-state index contributed by atoms with van der Waals surface area (Å²) in [5, 5.41) is 10.9. The highest BCUT2D eigenvalue weighted by molar-refractivity contribution is 5.83. The third-order valence-electron chi connectivity index (χ3n) is 2.29. The first-order chi connectivity index (χ1) is 5.72. The summed E-state index contributed by atoms with van der Waals surface area (Å²) in [4.78, 5) is 11.2. The maximum absolute atomic E-state index is 11.3. The number of amides is 1. The van der Waals surface area contributed by atoms with Gasteiger partial charge in [0.15, 0.2) is 0 Å². The first kappa shape index (κ1) is 7.46. The molecule has 0 spiro atoms. The standard InChI is InChI=1S/C9H9NO2/c1-6-7-4-2-3-5-8(7)10(12)9(6)11/h2-6,10H,1H3. The third-order valence-corrected chi connectivity index (χ3v) is 2.29. The van der Waals surface area contributed by atoms with Crippen LogP contribution in [-0.2, 0) is 4.79 Å². The number of nitrogens with one attached hydrogen (secondary N) is 1. The van der Waals surface area contributed by atoms with Gasteiger partial charge < -0.3 is 5.21 Å². The van der Waals surface area contributed by atoms with Crippen LogP contribution >= 0.6 is 0 Å². The van der Waals surface area contributed by atoms with Crippen molar-refractivity contribution in [2.45, 2.75) is 12.8 Å². The summed E-state index contributed by atoms with van der Waals surface area (Å²) in [6.45, 7) is 1.77. The van der Waals surface area contributed by atoms with Crippen molar-refractivity contribution in [3.05, 3.63) is 35.0 Å². The molecule has 1 heterocycles. The number of hydrogen-bond acceptors (Lipinski definition) is 2. The molecule has 2 atom stereocenters. The van der Waals surface area contributed by atoms with Gasteiger partial charge in [-0.2, -0.15) is 0 Å². The molecule has 3 nitrogen and oxygen atoms in total. The molecule has 1 aromatic carbocycles. The number of carbonyl (C=O) groups excluding carboxylic acids is 1. The molecule has 12 heavy (non-hydrogen) atoms. The summed E-state index contributed by atoms with van der Waals surface area (Å²) < 4.78 is 0. The van der Waals surface area contributed by atoms with Crippen LogP contribution < -0.4 is 5.06 Å². The fourth-order valence-electron chi connectivity index (χ4n) is 1.55. The number of rotatable bonds is 0. The van der Waals surface area contributed by atoms with Gasteiger partial charge >= 0.3 is 5.91 Å². The second-order valence-electron chi connectivity index (χ2n) is 3.00. The van der Waals surface area contributed by atoms with Crippen molar-refractivity contribution < 1.29 is 9.86 Å². The van der Waals surface area contributed by atoms with Crippen LogP contribution in [0.4, 0.5) is 5.69 Å². The average Bonchev–Trinajstić information content (AvgIpc) is 2.33. The van der Waals surface area contributed by atoms with Gasteiger partial charge in [0.2, 0.25) is 0 Å². The van der Waals surface area contributed by atoms with E-state index in [-0.39, 0.29) is 16.9 Å². The Hall–Kier alpha value is -1.19. The number of hydroxylamine groups is 1. The molecule has 0 bridgehead atoms. The van der Waals surface area contributed by atoms with E-state index in [1.165, 1.54) is 0 Å². The molecule has 62 valence electrons. The normalized spacial score (nSPS) is 27.3. The molecule has 1 N–H and O–H groups in total. The summed E-state index contributed by atoms with van der Waals surface area (Å²) in [7, 11) is 0. The highest BCUT2D eigenvalue weighted by atomic mass is 16.5. The van der Waals surface area contributed by atoms with E-state index in [0.29, 0.717) is 5.69 Å². The molecule has 0 fully saturated rings.